The maximum Gasteiger partial charge on any atom is 0.272 e. The number of carbonyl (C=O) groups excluding carboxylic acids is 1. The average molecular weight is 376 g/mol. The lowest BCUT2D eigenvalue weighted by Gasteiger charge is -2.10. The second-order valence-corrected chi connectivity index (χ2v) is 7.52. The zero-order chi connectivity index (χ0) is 19.0. The lowest BCUT2D eigenvalue weighted by Crippen LogP contribution is -2.43. The van der Waals surface area contributed by atoms with Gasteiger partial charge in [-0.2, -0.15) is 0 Å². The Morgan fingerprint density at radius 2 is 1.58 bits per heavy atom. The molecule has 2 rings (SSSR count). The summed E-state index contributed by atoms with van der Waals surface area (Å²) in [5.41, 5.74) is 4.39. The van der Waals surface area contributed by atoms with Crippen LogP contribution in [-0.4, -0.2) is 20.9 Å². The fourth-order valence-electron chi connectivity index (χ4n) is 2.31. The van der Waals surface area contributed by atoms with Gasteiger partial charge in [0, 0.05) is 0 Å². The van der Waals surface area contributed by atoms with Crippen molar-refractivity contribution in [2.75, 3.05) is 6.61 Å². The topological polar surface area (TPSA) is 84.5 Å². The van der Waals surface area contributed by atoms with Crippen molar-refractivity contribution in [1.82, 2.24) is 10.3 Å². The summed E-state index contributed by atoms with van der Waals surface area (Å²) in [5, 5.41) is 0. The van der Waals surface area contributed by atoms with Gasteiger partial charge in [0.15, 0.2) is 6.61 Å². The van der Waals surface area contributed by atoms with E-state index in [1.54, 1.807) is 24.3 Å². The molecule has 2 N–H and O–H groups in total. The van der Waals surface area contributed by atoms with E-state index in [0.717, 1.165) is 24.8 Å². The van der Waals surface area contributed by atoms with Crippen molar-refractivity contribution in [1.29, 1.82) is 0 Å². The normalized spacial score (nSPS) is 11.2. The number of aryl methyl sites for hydroxylation is 2. The Kier molecular flexibility index (Phi) is 7.17. The molecule has 0 atom stereocenters. The fraction of sp³-hybridized carbons (Fsp3) is 0.316. The van der Waals surface area contributed by atoms with Gasteiger partial charge >= 0.3 is 0 Å². The third-order valence-electron chi connectivity index (χ3n) is 3.80. The quantitative estimate of drug-likeness (QED) is 0.659. The predicted molar refractivity (Wildman–Crippen MR) is 100 cm³/mol. The zero-order valence-electron chi connectivity index (χ0n) is 15.0. The van der Waals surface area contributed by atoms with Crippen molar-refractivity contribution < 1.29 is 17.9 Å². The molecule has 0 aliphatic carbocycles. The molecule has 0 aliphatic heterocycles. The SMILES string of the molecule is CCCc1ccc(S(=O)(=O)NNC(=O)COc2ccc(CC)cc2)cc1. The molecule has 0 aromatic heterocycles. The van der Waals surface area contributed by atoms with E-state index in [2.05, 4.69) is 17.2 Å². The monoisotopic (exact) mass is 376 g/mol. The van der Waals surface area contributed by atoms with E-state index >= 15 is 0 Å². The summed E-state index contributed by atoms with van der Waals surface area (Å²) < 4.78 is 29.7. The van der Waals surface area contributed by atoms with Gasteiger partial charge in [-0.25, -0.2) is 8.42 Å². The maximum atomic E-state index is 12.2. The van der Waals surface area contributed by atoms with Crippen molar-refractivity contribution in [2.45, 2.75) is 38.0 Å². The van der Waals surface area contributed by atoms with Crippen molar-refractivity contribution in [3.8, 4) is 5.75 Å². The third-order valence-corrected chi connectivity index (χ3v) is 5.06. The molecule has 6 nitrogen and oxygen atoms in total. The van der Waals surface area contributed by atoms with Gasteiger partial charge in [-0.1, -0.05) is 44.5 Å². The van der Waals surface area contributed by atoms with Gasteiger partial charge in [-0.3, -0.25) is 10.2 Å². The molecule has 0 radical (unpaired) electrons. The molecule has 2 aromatic carbocycles. The van der Waals surface area contributed by atoms with Crippen LogP contribution in [0.15, 0.2) is 53.4 Å². The number of amides is 1. The second kappa shape index (κ2) is 9.35. The average Bonchev–Trinajstić information content (AvgIpc) is 2.66. The first-order valence-electron chi connectivity index (χ1n) is 8.56. The molecule has 1 amide bonds. The Bertz CT molecular complexity index is 816. The highest BCUT2D eigenvalue weighted by molar-refractivity contribution is 7.89. The second-order valence-electron chi connectivity index (χ2n) is 5.83. The molecule has 0 saturated carbocycles. The van der Waals surface area contributed by atoms with Gasteiger partial charge in [0.25, 0.3) is 15.9 Å². The van der Waals surface area contributed by atoms with E-state index in [1.165, 1.54) is 17.7 Å². The molecule has 0 heterocycles. The van der Waals surface area contributed by atoms with Crippen LogP contribution in [-0.2, 0) is 27.7 Å². The standard InChI is InChI=1S/C19H24N2O4S/c1-3-5-16-8-12-18(13-9-16)26(23,24)21-20-19(22)14-25-17-10-6-15(4-2)7-11-17/h6-13,21H,3-5,14H2,1-2H3,(H,20,22). The minimum absolute atomic E-state index is 0.0914. The van der Waals surface area contributed by atoms with E-state index in [4.69, 9.17) is 4.74 Å². The Hall–Kier alpha value is -2.38. The Balaban J connectivity index is 1.84. The molecule has 2 aromatic rings. The molecule has 0 aliphatic rings. The first kappa shape index (κ1) is 19.9. The minimum atomic E-state index is -3.82. The minimum Gasteiger partial charge on any atom is -0.484 e. The van der Waals surface area contributed by atoms with E-state index in [1.807, 2.05) is 19.1 Å². The summed E-state index contributed by atoms with van der Waals surface area (Å²) in [6.07, 6.45) is 2.80. The van der Waals surface area contributed by atoms with Gasteiger partial charge < -0.3 is 4.74 Å². The smallest absolute Gasteiger partial charge is 0.272 e. The van der Waals surface area contributed by atoms with Gasteiger partial charge in [-0.15, -0.1) is 4.83 Å². The molecular weight excluding hydrogens is 352 g/mol. The number of nitrogens with one attached hydrogen (secondary N) is 2. The number of hydrazine groups is 1. The number of hydrogen-bond donors (Lipinski definition) is 2. The molecule has 7 heteroatoms. The van der Waals surface area contributed by atoms with E-state index in [9.17, 15) is 13.2 Å². The lowest BCUT2D eigenvalue weighted by molar-refractivity contribution is -0.123. The summed E-state index contributed by atoms with van der Waals surface area (Å²) >= 11 is 0. The molecule has 0 spiro atoms. The van der Waals surface area contributed by atoms with Crippen LogP contribution in [0.3, 0.4) is 0 Å². The van der Waals surface area contributed by atoms with Crippen LogP contribution in [0.2, 0.25) is 0 Å². The van der Waals surface area contributed by atoms with Crippen molar-refractivity contribution in [3.63, 3.8) is 0 Å². The van der Waals surface area contributed by atoms with E-state index < -0.39 is 15.9 Å². The maximum absolute atomic E-state index is 12.2. The molecule has 0 saturated heterocycles. The Morgan fingerprint density at radius 1 is 0.962 bits per heavy atom. The molecule has 0 fully saturated rings. The molecule has 140 valence electrons. The van der Waals surface area contributed by atoms with Crippen LogP contribution < -0.4 is 15.0 Å². The predicted octanol–water partition coefficient (Wildman–Crippen LogP) is 2.59. The third kappa shape index (κ3) is 5.86. The summed E-state index contributed by atoms with van der Waals surface area (Å²) in [4.78, 5) is 14.0. The first-order chi connectivity index (χ1) is 12.4. The first-order valence-corrected chi connectivity index (χ1v) is 10.0. The fourth-order valence-corrected chi connectivity index (χ4v) is 3.17. The zero-order valence-corrected chi connectivity index (χ0v) is 15.8. The van der Waals surface area contributed by atoms with Crippen LogP contribution in [0.5, 0.6) is 5.75 Å². The number of carbonyl (C=O) groups is 1. The van der Waals surface area contributed by atoms with Crippen molar-refractivity contribution >= 4 is 15.9 Å². The van der Waals surface area contributed by atoms with Crippen LogP contribution >= 0.6 is 0 Å². The highest BCUT2D eigenvalue weighted by Crippen LogP contribution is 2.13. The molecule has 26 heavy (non-hydrogen) atoms. The number of hydrogen-bond acceptors (Lipinski definition) is 4. The highest BCUT2D eigenvalue weighted by Gasteiger charge is 2.15. The van der Waals surface area contributed by atoms with Gasteiger partial charge in [-0.05, 0) is 48.2 Å². The summed E-state index contributed by atoms with van der Waals surface area (Å²) in [5.74, 6) is -0.0394. The van der Waals surface area contributed by atoms with Crippen LogP contribution in [0, 0.1) is 0 Å². The Morgan fingerprint density at radius 3 is 2.15 bits per heavy atom. The van der Waals surface area contributed by atoms with Crippen LogP contribution in [0.4, 0.5) is 0 Å². The molecular formula is C19H24N2O4S. The summed E-state index contributed by atoms with van der Waals surface area (Å²) in [6.45, 7) is 3.82. The Labute approximate surface area is 154 Å². The van der Waals surface area contributed by atoms with Crippen LogP contribution in [0.1, 0.15) is 31.4 Å². The largest absolute Gasteiger partial charge is 0.484 e. The van der Waals surface area contributed by atoms with Gasteiger partial charge in [0.05, 0.1) is 4.90 Å². The van der Waals surface area contributed by atoms with E-state index in [0.29, 0.717) is 5.75 Å². The lowest BCUT2D eigenvalue weighted by atomic mass is 10.1. The van der Waals surface area contributed by atoms with Crippen molar-refractivity contribution in [3.05, 3.63) is 59.7 Å². The summed E-state index contributed by atoms with van der Waals surface area (Å²) in [6, 6.07) is 13.9. The highest BCUT2D eigenvalue weighted by atomic mass is 32.2. The number of rotatable bonds is 9. The number of ether oxygens (including phenoxy) is 1. The van der Waals surface area contributed by atoms with Crippen LogP contribution in [0.25, 0.3) is 0 Å². The summed E-state index contributed by atoms with van der Waals surface area (Å²) in [7, 11) is -3.82. The number of sulfonamides is 1. The number of benzene rings is 2. The molecule has 0 unspecified atom stereocenters. The molecule has 0 bridgehead atoms. The van der Waals surface area contributed by atoms with Gasteiger partial charge in [0.2, 0.25) is 0 Å². The van der Waals surface area contributed by atoms with E-state index in [-0.39, 0.29) is 11.5 Å². The van der Waals surface area contributed by atoms with Gasteiger partial charge in [0.1, 0.15) is 5.75 Å². The van der Waals surface area contributed by atoms with Crippen molar-refractivity contribution in [2.24, 2.45) is 0 Å².